The Labute approximate surface area is 111 Å². The second kappa shape index (κ2) is 8.27. The van der Waals surface area contributed by atoms with Crippen molar-refractivity contribution < 1.29 is 4.74 Å². The van der Waals surface area contributed by atoms with Crippen molar-refractivity contribution in [1.82, 2.24) is 15.1 Å². The maximum atomic E-state index is 5.25. The summed E-state index contributed by atoms with van der Waals surface area (Å²) in [7, 11) is 1.75. The van der Waals surface area contributed by atoms with Crippen molar-refractivity contribution in [3.05, 3.63) is 18.0 Å². The number of hydrogen-bond acceptors (Lipinski definition) is 3. The molecule has 2 unspecified atom stereocenters. The Balaban J connectivity index is 2.54. The van der Waals surface area contributed by atoms with Crippen LogP contribution in [-0.2, 0) is 11.2 Å². The third-order valence-electron chi connectivity index (χ3n) is 3.21. The molecule has 0 spiro atoms. The normalized spacial score (nSPS) is 14.7. The van der Waals surface area contributed by atoms with Gasteiger partial charge in [0.25, 0.3) is 0 Å². The van der Waals surface area contributed by atoms with Crippen molar-refractivity contribution in [3.63, 3.8) is 0 Å². The largest absolute Gasteiger partial charge is 0.383 e. The van der Waals surface area contributed by atoms with Crippen LogP contribution in [0.3, 0.4) is 0 Å². The number of ether oxygens (including phenoxy) is 1. The lowest BCUT2D eigenvalue weighted by molar-refractivity contribution is 0.165. The molecule has 0 radical (unpaired) electrons. The second-order valence-electron chi connectivity index (χ2n) is 4.85. The van der Waals surface area contributed by atoms with Gasteiger partial charge in [-0.1, -0.05) is 13.8 Å². The molecule has 1 heterocycles. The Hall–Kier alpha value is -0.870. The minimum atomic E-state index is 0.357. The molecule has 0 amide bonds. The van der Waals surface area contributed by atoms with E-state index >= 15 is 0 Å². The van der Waals surface area contributed by atoms with Gasteiger partial charge in [0.2, 0.25) is 0 Å². The standard InChI is InChI=1S/C14H27N3O/c1-5-8-15-14(11-18-4)10-13-7-9-17(16-13)12(3)6-2/h7,9,12,14-15H,5-6,8,10-11H2,1-4H3. The number of nitrogens with one attached hydrogen (secondary N) is 1. The van der Waals surface area contributed by atoms with Gasteiger partial charge in [0.1, 0.15) is 0 Å². The molecule has 1 N–H and O–H groups in total. The average molecular weight is 253 g/mol. The van der Waals surface area contributed by atoms with E-state index in [1.165, 1.54) is 0 Å². The minimum Gasteiger partial charge on any atom is -0.383 e. The van der Waals surface area contributed by atoms with Crippen LogP contribution in [0.2, 0.25) is 0 Å². The van der Waals surface area contributed by atoms with Gasteiger partial charge in [-0.05, 0) is 32.4 Å². The van der Waals surface area contributed by atoms with E-state index in [1.54, 1.807) is 7.11 Å². The second-order valence-corrected chi connectivity index (χ2v) is 4.85. The number of methoxy groups -OCH3 is 1. The van der Waals surface area contributed by atoms with Crippen molar-refractivity contribution in [1.29, 1.82) is 0 Å². The SMILES string of the molecule is CCCNC(COC)Cc1ccn(C(C)CC)n1. The van der Waals surface area contributed by atoms with Crippen LogP contribution >= 0.6 is 0 Å². The first-order chi connectivity index (χ1) is 8.71. The van der Waals surface area contributed by atoms with Crippen LogP contribution < -0.4 is 5.32 Å². The van der Waals surface area contributed by atoms with Gasteiger partial charge in [0.05, 0.1) is 12.3 Å². The molecule has 1 aromatic heterocycles. The van der Waals surface area contributed by atoms with Gasteiger partial charge in [-0.15, -0.1) is 0 Å². The van der Waals surface area contributed by atoms with Gasteiger partial charge in [0, 0.05) is 31.8 Å². The first-order valence-corrected chi connectivity index (χ1v) is 6.97. The third kappa shape index (κ3) is 4.78. The fourth-order valence-electron chi connectivity index (χ4n) is 1.91. The maximum Gasteiger partial charge on any atom is 0.0641 e. The average Bonchev–Trinajstić information content (AvgIpc) is 2.83. The predicted octanol–water partition coefficient (Wildman–Crippen LogP) is 2.41. The Morgan fingerprint density at radius 1 is 1.44 bits per heavy atom. The van der Waals surface area contributed by atoms with Gasteiger partial charge >= 0.3 is 0 Å². The summed E-state index contributed by atoms with van der Waals surface area (Å²) in [6, 6.07) is 2.95. The molecule has 18 heavy (non-hydrogen) atoms. The number of nitrogens with zero attached hydrogens (tertiary/aromatic N) is 2. The van der Waals surface area contributed by atoms with Crippen LogP contribution in [0.5, 0.6) is 0 Å². The Morgan fingerprint density at radius 2 is 2.22 bits per heavy atom. The molecule has 0 saturated heterocycles. The van der Waals surface area contributed by atoms with Gasteiger partial charge in [-0.25, -0.2) is 0 Å². The molecule has 0 fully saturated rings. The molecule has 1 aromatic rings. The monoisotopic (exact) mass is 253 g/mol. The zero-order valence-electron chi connectivity index (χ0n) is 12.1. The molecule has 0 aliphatic carbocycles. The van der Waals surface area contributed by atoms with Gasteiger partial charge in [0.15, 0.2) is 0 Å². The molecule has 0 bridgehead atoms. The van der Waals surface area contributed by atoms with Crippen LogP contribution in [0, 0.1) is 0 Å². The molecule has 0 aromatic carbocycles. The molecular formula is C14H27N3O. The number of aromatic nitrogens is 2. The Bertz CT molecular complexity index is 325. The number of rotatable bonds is 9. The topological polar surface area (TPSA) is 39.1 Å². The van der Waals surface area contributed by atoms with E-state index in [0.717, 1.165) is 38.1 Å². The van der Waals surface area contributed by atoms with Crippen LogP contribution in [0.25, 0.3) is 0 Å². The summed E-state index contributed by atoms with van der Waals surface area (Å²) in [6.45, 7) is 8.31. The summed E-state index contributed by atoms with van der Waals surface area (Å²) in [4.78, 5) is 0. The van der Waals surface area contributed by atoms with Crippen molar-refractivity contribution in [2.24, 2.45) is 0 Å². The summed E-state index contributed by atoms with van der Waals surface area (Å²) in [5.74, 6) is 0. The zero-order chi connectivity index (χ0) is 13.4. The van der Waals surface area contributed by atoms with Gasteiger partial charge < -0.3 is 10.1 Å². The quantitative estimate of drug-likeness (QED) is 0.734. The van der Waals surface area contributed by atoms with Crippen LogP contribution in [0.4, 0.5) is 0 Å². The molecule has 4 heteroatoms. The highest BCUT2D eigenvalue weighted by atomic mass is 16.5. The highest BCUT2D eigenvalue weighted by molar-refractivity contribution is 5.02. The molecule has 2 atom stereocenters. The van der Waals surface area contributed by atoms with Crippen molar-refractivity contribution in [3.8, 4) is 0 Å². The summed E-state index contributed by atoms with van der Waals surface area (Å²) in [6.07, 6.45) is 5.25. The van der Waals surface area contributed by atoms with Crippen molar-refractivity contribution >= 4 is 0 Å². The van der Waals surface area contributed by atoms with Crippen LogP contribution in [0.1, 0.15) is 45.3 Å². The lowest BCUT2D eigenvalue weighted by atomic mass is 10.1. The zero-order valence-corrected chi connectivity index (χ0v) is 12.1. The van der Waals surface area contributed by atoms with E-state index in [1.807, 2.05) is 0 Å². The molecule has 104 valence electrons. The van der Waals surface area contributed by atoms with Gasteiger partial charge in [-0.3, -0.25) is 4.68 Å². The maximum absolute atomic E-state index is 5.25. The van der Waals surface area contributed by atoms with Crippen LogP contribution in [0.15, 0.2) is 12.3 Å². The predicted molar refractivity (Wildman–Crippen MR) is 74.9 cm³/mol. The molecule has 1 rings (SSSR count). The van der Waals surface area contributed by atoms with E-state index in [4.69, 9.17) is 4.74 Å². The molecule has 0 saturated carbocycles. The van der Waals surface area contributed by atoms with Crippen LogP contribution in [-0.4, -0.2) is 36.1 Å². The van der Waals surface area contributed by atoms with E-state index in [0.29, 0.717) is 12.1 Å². The highest BCUT2D eigenvalue weighted by Gasteiger charge is 2.11. The van der Waals surface area contributed by atoms with E-state index < -0.39 is 0 Å². The summed E-state index contributed by atoms with van der Waals surface area (Å²) >= 11 is 0. The summed E-state index contributed by atoms with van der Waals surface area (Å²) in [5.41, 5.74) is 1.14. The first-order valence-electron chi connectivity index (χ1n) is 6.97. The number of hydrogen-bond donors (Lipinski definition) is 1. The van der Waals surface area contributed by atoms with E-state index in [-0.39, 0.29) is 0 Å². The van der Waals surface area contributed by atoms with E-state index in [9.17, 15) is 0 Å². The molecular weight excluding hydrogens is 226 g/mol. The Kier molecular flexibility index (Phi) is 6.98. The lowest BCUT2D eigenvalue weighted by Crippen LogP contribution is -2.35. The molecule has 0 aliphatic rings. The molecule has 0 aliphatic heterocycles. The van der Waals surface area contributed by atoms with Gasteiger partial charge in [-0.2, -0.15) is 5.10 Å². The van der Waals surface area contributed by atoms with E-state index in [2.05, 4.69) is 48.1 Å². The first kappa shape index (κ1) is 15.2. The fourth-order valence-corrected chi connectivity index (χ4v) is 1.91. The minimum absolute atomic E-state index is 0.357. The highest BCUT2D eigenvalue weighted by Crippen LogP contribution is 2.10. The lowest BCUT2D eigenvalue weighted by Gasteiger charge is -2.16. The summed E-state index contributed by atoms with van der Waals surface area (Å²) in [5, 5.41) is 8.13. The summed E-state index contributed by atoms with van der Waals surface area (Å²) < 4.78 is 7.31. The molecule has 4 nitrogen and oxygen atoms in total. The smallest absolute Gasteiger partial charge is 0.0641 e. The van der Waals surface area contributed by atoms with Crippen molar-refractivity contribution in [2.45, 2.75) is 52.1 Å². The fraction of sp³-hybridized carbons (Fsp3) is 0.786. The Morgan fingerprint density at radius 3 is 2.83 bits per heavy atom. The third-order valence-corrected chi connectivity index (χ3v) is 3.21. The van der Waals surface area contributed by atoms with Crippen molar-refractivity contribution in [2.75, 3.05) is 20.3 Å².